The number of benzene rings is 3. The number of ether oxygens (including phenoxy) is 1. The Morgan fingerprint density at radius 3 is 2.23 bits per heavy atom. The summed E-state index contributed by atoms with van der Waals surface area (Å²) < 4.78 is 5.80. The molecule has 4 rings (SSSR count). The van der Waals surface area contributed by atoms with Crippen LogP contribution < -0.4 is 15.0 Å². The lowest BCUT2D eigenvalue weighted by Gasteiger charge is -2.27. The van der Waals surface area contributed by atoms with Gasteiger partial charge in [-0.25, -0.2) is 9.69 Å². The van der Waals surface area contributed by atoms with Gasteiger partial charge >= 0.3 is 6.03 Å². The summed E-state index contributed by atoms with van der Waals surface area (Å²) in [6.07, 6.45) is 1.32. The molecule has 0 aromatic heterocycles. The number of barbiturate groups is 1. The molecule has 6 nitrogen and oxygen atoms in total. The van der Waals surface area contributed by atoms with Crippen LogP contribution in [0.15, 0.2) is 60.2 Å². The molecule has 4 amide bonds. The second-order valence-electron chi connectivity index (χ2n) is 7.93. The lowest BCUT2D eigenvalue weighted by Crippen LogP contribution is -2.54. The number of rotatable bonds is 5. The summed E-state index contributed by atoms with van der Waals surface area (Å²) in [6.45, 7) is 3.93. The molecule has 0 radical (unpaired) electrons. The first-order chi connectivity index (χ1) is 16.7. The van der Waals surface area contributed by atoms with Crippen LogP contribution in [0.25, 0.3) is 6.08 Å². The maximum atomic E-state index is 13.2. The van der Waals surface area contributed by atoms with Gasteiger partial charge in [-0.1, -0.05) is 70.7 Å². The highest BCUT2D eigenvalue weighted by atomic mass is 35.5. The number of nitrogens with one attached hydrogen (secondary N) is 1. The molecule has 0 spiro atoms. The first kappa shape index (κ1) is 24.8. The van der Waals surface area contributed by atoms with E-state index >= 15 is 0 Å². The van der Waals surface area contributed by atoms with Gasteiger partial charge in [0.15, 0.2) is 5.75 Å². The molecule has 1 saturated heterocycles. The Hall–Kier alpha value is -3.32. The van der Waals surface area contributed by atoms with Gasteiger partial charge in [0.05, 0.1) is 15.7 Å². The number of hydrogen-bond donors (Lipinski definition) is 1. The average molecular weight is 530 g/mol. The smallest absolute Gasteiger partial charge is 0.335 e. The first-order valence-corrected chi connectivity index (χ1v) is 11.6. The number of halogens is 3. The number of amides is 4. The lowest BCUT2D eigenvalue weighted by molar-refractivity contribution is -0.122. The minimum absolute atomic E-state index is 0.207. The largest absolute Gasteiger partial charge is 0.486 e. The molecule has 1 heterocycles. The van der Waals surface area contributed by atoms with Crippen molar-refractivity contribution in [3.63, 3.8) is 0 Å². The van der Waals surface area contributed by atoms with E-state index in [2.05, 4.69) is 5.32 Å². The zero-order chi connectivity index (χ0) is 25.3. The Morgan fingerprint density at radius 2 is 1.57 bits per heavy atom. The van der Waals surface area contributed by atoms with E-state index in [9.17, 15) is 14.4 Å². The van der Waals surface area contributed by atoms with Gasteiger partial charge in [0.25, 0.3) is 11.8 Å². The van der Waals surface area contributed by atoms with Gasteiger partial charge in [-0.3, -0.25) is 14.9 Å². The standard InChI is InChI=1S/C26H19Cl3N2O4/c1-14-6-8-16(9-7-14)13-35-23-20(28)11-17(12-21(23)29)10-18-24(32)30-26(34)31(25(18)33)22-5-3-4-19(27)15(22)2/h3-12H,13H2,1-2H3,(H,30,32,34)/b18-10+. The maximum absolute atomic E-state index is 13.2. The Labute approximate surface area is 217 Å². The summed E-state index contributed by atoms with van der Waals surface area (Å²) >= 11 is 19.0. The highest BCUT2D eigenvalue weighted by molar-refractivity contribution is 6.40. The Bertz CT molecular complexity index is 1360. The van der Waals surface area contributed by atoms with Crippen LogP contribution in [0, 0.1) is 13.8 Å². The molecule has 1 fully saturated rings. The second-order valence-corrected chi connectivity index (χ2v) is 9.15. The molecular formula is C26H19Cl3N2O4. The fourth-order valence-electron chi connectivity index (χ4n) is 3.52. The van der Waals surface area contributed by atoms with Crippen LogP contribution in [-0.2, 0) is 16.2 Å². The molecule has 0 atom stereocenters. The predicted molar refractivity (Wildman–Crippen MR) is 137 cm³/mol. The molecule has 1 aliphatic heterocycles. The van der Waals surface area contributed by atoms with E-state index in [0.717, 1.165) is 16.0 Å². The molecule has 1 N–H and O–H groups in total. The summed E-state index contributed by atoms with van der Waals surface area (Å²) in [7, 11) is 0. The summed E-state index contributed by atoms with van der Waals surface area (Å²) in [5.74, 6) is -1.35. The van der Waals surface area contributed by atoms with Gasteiger partial charge in [0.2, 0.25) is 0 Å². The molecule has 3 aromatic carbocycles. The van der Waals surface area contributed by atoms with E-state index in [4.69, 9.17) is 39.5 Å². The number of urea groups is 1. The van der Waals surface area contributed by atoms with Gasteiger partial charge in [0, 0.05) is 5.02 Å². The van der Waals surface area contributed by atoms with Gasteiger partial charge in [-0.2, -0.15) is 0 Å². The molecule has 0 aliphatic carbocycles. The number of anilines is 1. The van der Waals surface area contributed by atoms with Crippen molar-refractivity contribution >= 4 is 64.4 Å². The fourth-order valence-corrected chi connectivity index (χ4v) is 4.30. The van der Waals surface area contributed by atoms with E-state index in [1.807, 2.05) is 31.2 Å². The second kappa shape index (κ2) is 10.1. The molecule has 1 aliphatic rings. The Morgan fingerprint density at radius 1 is 0.914 bits per heavy atom. The number of aryl methyl sites for hydroxylation is 1. The topological polar surface area (TPSA) is 75.7 Å². The van der Waals surface area contributed by atoms with Crippen molar-refractivity contribution in [2.75, 3.05) is 4.90 Å². The summed E-state index contributed by atoms with van der Waals surface area (Å²) in [5, 5.41) is 2.98. The average Bonchev–Trinajstić information content (AvgIpc) is 2.80. The van der Waals surface area contributed by atoms with Crippen LogP contribution in [0.5, 0.6) is 5.75 Å². The van der Waals surface area contributed by atoms with Gasteiger partial charge in [-0.15, -0.1) is 0 Å². The third-order valence-electron chi connectivity index (χ3n) is 5.42. The summed E-state index contributed by atoms with van der Waals surface area (Å²) in [5.41, 5.74) is 3.00. The van der Waals surface area contributed by atoms with E-state index in [0.29, 0.717) is 16.1 Å². The maximum Gasteiger partial charge on any atom is 0.335 e. The van der Waals surface area contributed by atoms with E-state index in [1.54, 1.807) is 25.1 Å². The predicted octanol–water partition coefficient (Wildman–Crippen LogP) is 6.51. The number of hydrogen-bond acceptors (Lipinski definition) is 4. The van der Waals surface area contributed by atoms with E-state index < -0.39 is 17.8 Å². The van der Waals surface area contributed by atoms with Crippen molar-refractivity contribution < 1.29 is 19.1 Å². The fraction of sp³-hybridized carbons (Fsp3) is 0.115. The first-order valence-electron chi connectivity index (χ1n) is 10.5. The minimum Gasteiger partial charge on any atom is -0.486 e. The number of carbonyl (C=O) groups excluding carboxylic acids is 3. The molecule has 0 bridgehead atoms. The lowest BCUT2D eigenvalue weighted by atomic mass is 10.1. The van der Waals surface area contributed by atoms with Crippen molar-refractivity contribution in [3.05, 3.63) is 97.5 Å². The normalized spacial score (nSPS) is 14.9. The van der Waals surface area contributed by atoms with Gasteiger partial charge < -0.3 is 4.74 Å². The zero-order valence-corrected chi connectivity index (χ0v) is 21.0. The van der Waals surface area contributed by atoms with E-state index in [1.165, 1.54) is 18.2 Å². The highest BCUT2D eigenvalue weighted by Gasteiger charge is 2.37. The molecule has 0 saturated carbocycles. The summed E-state index contributed by atoms with van der Waals surface area (Å²) in [6, 6.07) is 14.8. The molecule has 9 heteroatoms. The van der Waals surface area contributed by atoms with Crippen LogP contribution >= 0.6 is 34.8 Å². The van der Waals surface area contributed by atoms with Crippen molar-refractivity contribution in [3.8, 4) is 5.75 Å². The van der Waals surface area contributed by atoms with Crippen molar-refractivity contribution in [2.24, 2.45) is 0 Å². The van der Waals surface area contributed by atoms with E-state index in [-0.39, 0.29) is 33.7 Å². The molecule has 35 heavy (non-hydrogen) atoms. The highest BCUT2D eigenvalue weighted by Crippen LogP contribution is 2.36. The monoisotopic (exact) mass is 528 g/mol. The van der Waals surface area contributed by atoms with Crippen molar-refractivity contribution in [1.29, 1.82) is 0 Å². The SMILES string of the molecule is Cc1ccc(COc2c(Cl)cc(/C=C3\C(=O)NC(=O)N(c4cccc(Cl)c4C)C3=O)cc2Cl)cc1. The summed E-state index contributed by atoms with van der Waals surface area (Å²) in [4.78, 5) is 39.0. The van der Waals surface area contributed by atoms with Crippen LogP contribution in [-0.4, -0.2) is 17.8 Å². The quantitative estimate of drug-likeness (QED) is 0.302. The van der Waals surface area contributed by atoms with Crippen LogP contribution in [0.1, 0.15) is 22.3 Å². The third kappa shape index (κ3) is 5.20. The van der Waals surface area contributed by atoms with Crippen molar-refractivity contribution in [2.45, 2.75) is 20.5 Å². The molecular weight excluding hydrogens is 511 g/mol. The molecule has 3 aromatic rings. The van der Waals surface area contributed by atoms with Crippen LogP contribution in [0.2, 0.25) is 15.1 Å². The minimum atomic E-state index is -0.863. The number of imide groups is 2. The number of nitrogens with zero attached hydrogens (tertiary/aromatic N) is 1. The number of carbonyl (C=O) groups is 3. The van der Waals surface area contributed by atoms with Crippen LogP contribution in [0.4, 0.5) is 10.5 Å². The molecule has 0 unspecified atom stereocenters. The van der Waals surface area contributed by atoms with Gasteiger partial charge in [0.1, 0.15) is 12.2 Å². The third-order valence-corrected chi connectivity index (χ3v) is 6.39. The van der Waals surface area contributed by atoms with Gasteiger partial charge in [-0.05, 0) is 60.9 Å². The zero-order valence-electron chi connectivity index (χ0n) is 18.7. The molecule has 178 valence electrons. The Balaban J connectivity index is 1.63. The van der Waals surface area contributed by atoms with Crippen LogP contribution in [0.3, 0.4) is 0 Å². The Kier molecular flexibility index (Phi) is 7.17. The van der Waals surface area contributed by atoms with Crippen molar-refractivity contribution in [1.82, 2.24) is 5.32 Å².